The van der Waals surface area contributed by atoms with E-state index < -0.39 is 35.1 Å². The number of nitrogens with one attached hydrogen (secondary N) is 1. The minimum absolute atomic E-state index is 0.0191. The van der Waals surface area contributed by atoms with Gasteiger partial charge in [0.15, 0.2) is 0 Å². The number of nitriles is 1. The van der Waals surface area contributed by atoms with E-state index >= 15 is 0 Å². The number of carbonyl (C=O) groups is 3. The summed E-state index contributed by atoms with van der Waals surface area (Å²) in [5, 5.41) is 16.6. The first kappa shape index (κ1) is 35.8. The van der Waals surface area contributed by atoms with Crippen molar-refractivity contribution in [3.05, 3.63) is 118 Å². The zero-order valence-electron chi connectivity index (χ0n) is 27.6. The number of ether oxygens (including phenoxy) is 6. The van der Waals surface area contributed by atoms with Gasteiger partial charge in [0.2, 0.25) is 0 Å². The molecule has 1 saturated carbocycles. The molecule has 4 aromatic rings. The standard InChI is InChI=1S/C39H32F2N2O9/c40-32-18-29(9-5-26(32)20-42)50-39(46)31-11-10-30(19-33(31)41)49-38(45)25-6-13-34(27(17-25)21-43)52-37(44)24-3-7-28(8-4-24)48-15-1-14-47-22-23-2-12-35-36(16-23)51-35/h3-11,13,17-19,21,23,35-36,43H,1-2,12,14-16,22H2. The van der Waals surface area contributed by atoms with Gasteiger partial charge in [-0.15, -0.1) is 0 Å². The minimum Gasteiger partial charge on any atom is -0.494 e. The monoisotopic (exact) mass is 710 g/mol. The van der Waals surface area contributed by atoms with Crippen LogP contribution in [0.2, 0.25) is 0 Å². The lowest BCUT2D eigenvalue weighted by Crippen LogP contribution is -2.19. The van der Waals surface area contributed by atoms with Crippen molar-refractivity contribution >= 4 is 24.1 Å². The molecule has 1 aliphatic heterocycles. The summed E-state index contributed by atoms with van der Waals surface area (Å²) in [4.78, 5) is 38.1. The van der Waals surface area contributed by atoms with Crippen LogP contribution >= 0.6 is 0 Å². The number of esters is 3. The molecule has 1 N–H and O–H groups in total. The van der Waals surface area contributed by atoms with Gasteiger partial charge in [-0.25, -0.2) is 23.2 Å². The van der Waals surface area contributed by atoms with E-state index in [0.29, 0.717) is 37.1 Å². The molecule has 0 bridgehead atoms. The van der Waals surface area contributed by atoms with Gasteiger partial charge in [-0.3, -0.25) is 0 Å². The van der Waals surface area contributed by atoms with Crippen molar-refractivity contribution in [3.63, 3.8) is 0 Å². The van der Waals surface area contributed by atoms with Crippen LogP contribution < -0.4 is 18.9 Å². The molecule has 266 valence electrons. The molecule has 1 heterocycles. The number of hydrogen-bond acceptors (Lipinski definition) is 11. The van der Waals surface area contributed by atoms with Crippen molar-refractivity contribution in [3.8, 4) is 29.1 Å². The molecule has 11 nitrogen and oxygen atoms in total. The Morgan fingerprint density at radius 1 is 0.788 bits per heavy atom. The molecule has 13 heteroatoms. The second-order valence-corrected chi connectivity index (χ2v) is 12.2. The Labute approximate surface area is 297 Å². The van der Waals surface area contributed by atoms with Crippen molar-refractivity contribution < 1.29 is 51.6 Å². The summed E-state index contributed by atoms with van der Waals surface area (Å²) in [5.74, 6) is -4.04. The van der Waals surface area contributed by atoms with E-state index in [1.54, 1.807) is 30.3 Å². The fourth-order valence-electron chi connectivity index (χ4n) is 5.67. The summed E-state index contributed by atoms with van der Waals surface area (Å²) in [7, 11) is 0. The molecule has 0 radical (unpaired) electrons. The summed E-state index contributed by atoms with van der Waals surface area (Å²) in [6, 6.07) is 18.0. The highest BCUT2D eigenvalue weighted by Crippen LogP contribution is 2.39. The lowest BCUT2D eigenvalue weighted by Gasteiger charge is -2.18. The average Bonchev–Trinajstić information content (AvgIpc) is 3.92. The smallest absolute Gasteiger partial charge is 0.346 e. The van der Waals surface area contributed by atoms with Crippen LogP contribution in [0.1, 0.15) is 67.9 Å². The van der Waals surface area contributed by atoms with E-state index in [1.807, 2.05) is 0 Å². The zero-order chi connectivity index (χ0) is 36.6. The lowest BCUT2D eigenvalue weighted by molar-refractivity contribution is 0.0721. The molecule has 3 unspecified atom stereocenters. The van der Waals surface area contributed by atoms with E-state index in [2.05, 4.69) is 0 Å². The van der Waals surface area contributed by atoms with Gasteiger partial charge in [-0.05, 0) is 91.9 Å². The Morgan fingerprint density at radius 3 is 2.19 bits per heavy atom. The van der Waals surface area contributed by atoms with Crippen molar-refractivity contribution in [2.24, 2.45) is 5.92 Å². The highest BCUT2D eigenvalue weighted by atomic mass is 19.1. The highest BCUT2D eigenvalue weighted by molar-refractivity contribution is 5.96. The van der Waals surface area contributed by atoms with Crippen molar-refractivity contribution in [1.29, 1.82) is 10.7 Å². The molecule has 1 aliphatic carbocycles. The average molecular weight is 711 g/mol. The molecule has 0 aromatic heterocycles. The maximum atomic E-state index is 14.8. The number of hydrogen-bond donors (Lipinski definition) is 1. The number of carbonyl (C=O) groups excluding carboxylic acids is 3. The van der Waals surface area contributed by atoms with Gasteiger partial charge in [0, 0.05) is 43.5 Å². The van der Waals surface area contributed by atoms with Crippen LogP contribution in [0.15, 0.2) is 78.9 Å². The van der Waals surface area contributed by atoms with E-state index in [-0.39, 0.29) is 39.5 Å². The van der Waals surface area contributed by atoms with Crippen LogP contribution in [0.4, 0.5) is 8.78 Å². The predicted octanol–water partition coefficient (Wildman–Crippen LogP) is 6.84. The summed E-state index contributed by atoms with van der Waals surface area (Å²) in [6.07, 6.45) is 5.90. The first-order valence-electron chi connectivity index (χ1n) is 16.5. The molecule has 1 saturated heterocycles. The van der Waals surface area contributed by atoms with Gasteiger partial charge in [0.25, 0.3) is 0 Å². The second-order valence-electron chi connectivity index (χ2n) is 12.2. The lowest BCUT2D eigenvalue weighted by atomic mass is 9.90. The Bertz CT molecular complexity index is 2030. The quantitative estimate of drug-likeness (QED) is 0.0483. The topological polar surface area (TPSA) is 158 Å². The van der Waals surface area contributed by atoms with Gasteiger partial charge in [-0.1, -0.05) is 0 Å². The van der Waals surface area contributed by atoms with E-state index in [1.165, 1.54) is 24.3 Å². The summed E-state index contributed by atoms with van der Waals surface area (Å²) >= 11 is 0. The van der Waals surface area contributed by atoms with Crippen LogP contribution in [0.5, 0.6) is 23.0 Å². The van der Waals surface area contributed by atoms with Crippen LogP contribution in [0.25, 0.3) is 0 Å². The van der Waals surface area contributed by atoms with Crippen LogP contribution in [-0.4, -0.2) is 56.2 Å². The molecule has 2 aliphatic rings. The molecular formula is C39H32F2N2O9. The third-order valence-electron chi connectivity index (χ3n) is 8.50. The van der Waals surface area contributed by atoms with E-state index in [4.69, 9.17) is 39.1 Å². The maximum absolute atomic E-state index is 14.8. The molecule has 0 spiro atoms. The Kier molecular flexibility index (Phi) is 11.3. The molecule has 4 aromatic carbocycles. The minimum atomic E-state index is -1.14. The Balaban J connectivity index is 0.969. The fraction of sp³-hybridized carbons (Fsp3) is 0.256. The number of fused-ring (bicyclic) bond motifs is 1. The first-order chi connectivity index (χ1) is 25.2. The SMILES string of the molecule is N#Cc1ccc(OC(=O)c2ccc(OC(=O)c3ccc(OC(=O)c4ccc(OCCCOCC5CCC6OC6C5)cc4)c(C=N)c3)cc2F)cc1F. The van der Waals surface area contributed by atoms with Crippen molar-refractivity contribution in [2.75, 3.05) is 19.8 Å². The summed E-state index contributed by atoms with van der Waals surface area (Å²) in [5.41, 5.74) is -0.457. The Morgan fingerprint density at radius 2 is 1.48 bits per heavy atom. The predicted molar refractivity (Wildman–Crippen MR) is 180 cm³/mol. The molecular weight excluding hydrogens is 678 g/mol. The summed E-state index contributed by atoms with van der Waals surface area (Å²) in [6.45, 7) is 1.79. The Hall–Kier alpha value is -5.97. The van der Waals surface area contributed by atoms with Gasteiger partial charge < -0.3 is 33.8 Å². The number of rotatable bonds is 14. The third kappa shape index (κ3) is 9.03. The normalized spacial score (nSPS) is 17.2. The number of epoxide rings is 1. The second kappa shape index (κ2) is 16.4. The van der Waals surface area contributed by atoms with Crippen molar-refractivity contribution in [1.82, 2.24) is 0 Å². The first-order valence-corrected chi connectivity index (χ1v) is 16.5. The fourth-order valence-corrected chi connectivity index (χ4v) is 5.67. The molecule has 0 amide bonds. The van der Waals surface area contributed by atoms with Crippen LogP contribution in [-0.2, 0) is 9.47 Å². The third-order valence-corrected chi connectivity index (χ3v) is 8.50. The van der Waals surface area contributed by atoms with Gasteiger partial charge >= 0.3 is 17.9 Å². The number of halogens is 2. The van der Waals surface area contributed by atoms with Crippen LogP contribution in [0.3, 0.4) is 0 Å². The van der Waals surface area contributed by atoms with E-state index in [9.17, 15) is 23.2 Å². The van der Waals surface area contributed by atoms with Gasteiger partial charge in [0.1, 0.15) is 40.7 Å². The molecule has 52 heavy (non-hydrogen) atoms. The molecule has 3 atom stereocenters. The van der Waals surface area contributed by atoms with Gasteiger partial charge in [0.05, 0.1) is 41.1 Å². The number of benzene rings is 4. The highest BCUT2D eigenvalue weighted by Gasteiger charge is 2.43. The van der Waals surface area contributed by atoms with E-state index in [0.717, 1.165) is 68.8 Å². The largest absolute Gasteiger partial charge is 0.494 e. The summed E-state index contributed by atoms with van der Waals surface area (Å²) < 4.78 is 61.4. The molecule has 2 fully saturated rings. The van der Waals surface area contributed by atoms with Crippen LogP contribution in [0, 0.1) is 34.3 Å². The van der Waals surface area contributed by atoms with Crippen molar-refractivity contribution in [2.45, 2.75) is 37.9 Å². The number of nitrogens with zero attached hydrogens (tertiary/aromatic N) is 1. The zero-order valence-corrected chi connectivity index (χ0v) is 27.6. The van der Waals surface area contributed by atoms with Gasteiger partial charge in [-0.2, -0.15) is 5.26 Å². The maximum Gasteiger partial charge on any atom is 0.346 e. The molecule has 6 rings (SSSR count).